The van der Waals surface area contributed by atoms with Crippen molar-refractivity contribution in [3.05, 3.63) is 10.4 Å². The maximum absolute atomic E-state index is 13.1. The first kappa shape index (κ1) is 17.5. The number of alkyl halides is 2. The molecule has 120 valence electrons. The van der Waals surface area contributed by atoms with Gasteiger partial charge in [0.05, 0.1) is 19.3 Å². The van der Waals surface area contributed by atoms with Gasteiger partial charge in [0.2, 0.25) is 0 Å². The van der Waals surface area contributed by atoms with E-state index in [0.29, 0.717) is 0 Å². The third-order valence-electron chi connectivity index (χ3n) is 2.95. The van der Waals surface area contributed by atoms with Crippen molar-refractivity contribution in [2.24, 2.45) is 5.11 Å². The number of nitrogens with zero attached hydrogens (tertiary/aromatic N) is 3. The van der Waals surface area contributed by atoms with E-state index in [0.717, 1.165) is 0 Å². The van der Waals surface area contributed by atoms with E-state index in [9.17, 15) is 23.8 Å². The van der Waals surface area contributed by atoms with Crippen LogP contribution in [0.15, 0.2) is 5.11 Å². The number of carbonyl (C=O) groups is 1. The average Bonchev–Trinajstić information content (AvgIpc) is 2.44. The minimum absolute atomic E-state index is 0.690. The van der Waals surface area contributed by atoms with Gasteiger partial charge in [-0.25, -0.2) is 0 Å². The molecule has 21 heavy (non-hydrogen) atoms. The first-order valence-corrected chi connectivity index (χ1v) is 5.76. The average molecular weight is 312 g/mol. The molecule has 1 amide bonds. The Balaban J connectivity index is 2.89. The first-order chi connectivity index (χ1) is 9.78. The van der Waals surface area contributed by atoms with Crippen LogP contribution in [0.4, 0.5) is 8.78 Å². The van der Waals surface area contributed by atoms with E-state index >= 15 is 0 Å². The normalized spacial score (nSPS) is 33.1. The van der Waals surface area contributed by atoms with Crippen LogP contribution in [0.5, 0.6) is 0 Å². The summed E-state index contributed by atoms with van der Waals surface area (Å²) in [5.74, 6) is -2.03. The summed E-state index contributed by atoms with van der Waals surface area (Å²) in [5, 5.41) is 41.0. The summed E-state index contributed by atoms with van der Waals surface area (Å²) >= 11 is 0. The van der Waals surface area contributed by atoms with Gasteiger partial charge in [0, 0.05) is 4.91 Å². The van der Waals surface area contributed by atoms with Crippen molar-refractivity contribution in [3.63, 3.8) is 0 Å². The van der Waals surface area contributed by atoms with Crippen LogP contribution in [-0.2, 0) is 9.53 Å². The van der Waals surface area contributed by atoms with E-state index in [1.54, 1.807) is 5.32 Å². The van der Waals surface area contributed by atoms with E-state index in [2.05, 4.69) is 0 Å². The van der Waals surface area contributed by atoms with Crippen LogP contribution in [-0.4, -0.2) is 76.1 Å². The molecule has 1 fully saturated rings. The SMILES string of the molecule is [N-]=[N+]=NC(F)(F)C(=O)N[C@@H]1C(CO)OC(CO)[C@@H](O)C1O. The number of hydrogen-bond acceptors (Lipinski definition) is 7. The van der Waals surface area contributed by atoms with Gasteiger partial charge in [0.25, 0.3) is 5.91 Å². The third-order valence-corrected chi connectivity index (χ3v) is 2.95. The molecule has 0 spiro atoms. The topological polar surface area (TPSA) is 168 Å². The highest BCUT2D eigenvalue weighted by Gasteiger charge is 2.47. The summed E-state index contributed by atoms with van der Waals surface area (Å²) in [6.45, 7) is -1.47. The van der Waals surface area contributed by atoms with E-state index in [4.69, 9.17) is 20.5 Å². The fourth-order valence-electron chi connectivity index (χ4n) is 1.87. The first-order valence-electron chi connectivity index (χ1n) is 5.76. The summed E-state index contributed by atoms with van der Waals surface area (Å²) in [4.78, 5) is 13.1. The van der Waals surface area contributed by atoms with Gasteiger partial charge in [-0.05, 0) is 10.6 Å². The Morgan fingerprint density at radius 3 is 2.33 bits per heavy atom. The number of hydrogen-bond donors (Lipinski definition) is 5. The summed E-state index contributed by atoms with van der Waals surface area (Å²) < 4.78 is 31.1. The lowest BCUT2D eigenvalue weighted by molar-refractivity contribution is -0.204. The van der Waals surface area contributed by atoms with Crippen molar-refractivity contribution < 1.29 is 38.7 Å². The van der Waals surface area contributed by atoms with Crippen LogP contribution in [0.3, 0.4) is 0 Å². The molecule has 1 aliphatic heterocycles. The Hall–Kier alpha value is -1.56. The van der Waals surface area contributed by atoms with E-state index in [-0.39, 0.29) is 0 Å². The molecule has 5 atom stereocenters. The minimum atomic E-state index is -4.41. The highest BCUT2D eigenvalue weighted by Crippen LogP contribution is 2.23. The molecule has 0 aliphatic carbocycles. The zero-order chi connectivity index (χ0) is 16.2. The quantitative estimate of drug-likeness (QED) is 0.168. The monoisotopic (exact) mass is 312 g/mol. The number of azide groups is 1. The highest BCUT2D eigenvalue weighted by atomic mass is 19.3. The Morgan fingerprint density at radius 2 is 1.86 bits per heavy atom. The molecule has 12 heteroatoms. The van der Waals surface area contributed by atoms with Gasteiger partial charge in [-0.3, -0.25) is 4.79 Å². The number of halogens is 2. The number of carbonyl (C=O) groups excluding carboxylic acids is 1. The summed E-state index contributed by atoms with van der Waals surface area (Å²) in [5.41, 5.74) is 7.93. The molecule has 1 heterocycles. The van der Waals surface area contributed by atoms with Gasteiger partial charge in [-0.2, -0.15) is 8.78 Å². The summed E-state index contributed by atoms with van der Waals surface area (Å²) in [6.07, 6.45) is -6.04. The molecular formula is C9H14F2N4O6. The molecule has 0 aromatic carbocycles. The smallest absolute Gasteiger partial charge is 0.394 e. The number of nitrogens with one attached hydrogen (secondary N) is 1. The van der Waals surface area contributed by atoms with E-state index in [1.807, 2.05) is 10.0 Å². The fourth-order valence-corrected chi connectivity index (χ4v) is 1.87. The maximum Gasteiger partial charge on any atom is 0.401 e. The molecule has 0 radical (unpaired) electrons. The molecule has 0 saturated carbocycles. The van der Waals surface area contributed by atoms with Gasteiger partial charge in [0.15, 0.2) is 0 Å². The molecule has 1 aliphatic rings. The van der Waals surface area contributed by atoms with Crippen molar-refractivity contribution in [2.45, 2.75) is 36.5 Å². The standard InChI is InChI=1S/C9H14F2N4O6/c10-9(11,14-15-12)8(20)13-5-3(1-16)21-4(2-17)6(18)7(5)19/h3-7,16-19H,1-2H2,(H,13,20)/t3?,4?,5-,6-,7?/m1/s1. The third kappa shape index (κ3) is 3.75. The van der Waals surface area contributed by atoms with Crippen molar-refractivity contribution >= 4 is 5.91 Å². The van der Waals surface area contributed by atoms with Crippen molar-refractivity contribution in [1.29, 1.82) is 0 Å². The fraction of sp³-hybridized carbons (Fsp3) is 0.889. The van der Waals surface area contributed by atoms with Crippen LogP contribution in [0.2, 0.25) is 0 Å². The Bertz CT molecular complexity index is 430. The van der Waals surface area contributed by atoms with Crippen LogP contribution in [0, 0.1) is 0 Å². The van der Waals surface area contributed by atoms with Crippen LogP contribution < -0.4 is 5.32 Å². The number of aliphatic hydroxyl groups excluding tert-OH is 4. The van der Waals surface area contributed by atoms with E-state index in [1.165, 1.54) is 0 Å². The van der Waals surface area contributed by atoms with Crippen LogP contribution >= 0.6 is 0 Å². The molecule has 0 aromatic heterocycles. The van der Waals surface area contributed by atoms with Crippen molar-refractivity contribution in [3.8, 4) is 0 Å². The summed E-state index contributed by atoms with van der Waals surface area (Å²) in [7, 11) is 0. The molecule has 0 aromatic rings. The van der Waals surface area contributed by atoms with Gasteiger partial charge >= 0.3 is 6.05 Å². The second-order valence-electron chi connectivity index (χ2n) is 4.29. The molecule has 1 saturated heterocycles. The van der Waals surface area contributed by atoms with Crippen molar-refractivity contribution in [1.82, 2.24) is 5.32 Å². The molecule has 5 N–H and O–H groups in total. The molecule has 10 nitrogen and oxygen atoms in total. The minimum Gasteiger partial charge on any atom is -0.394 e. The molecule has 3 unspecified atom stereocenters. The lowest BCUT2D eigenvalue weighted by Gasteiger charge is -2.42. The van der Waals surface area contributed by atoms with Gasteiger partial charge in [-0.15, -0.1) is 0 Å². The van der Waals surface area contributed by atoms with E-state index < -0.39 is 55.6 Å². The lowest BCUT2D eigenvalue weighted by atomic mass is 9.93. The van der Waals surface area contributed by atoms with Gasteiger partial charge in [0.1, 0.15) is 24.4 Å². The lowest BCUT2D eigenvalue weighted by Crippen LogP contribution is -2.66. The Kier molecular flexibility index (Phi) is 5.78. The van der Waals surface area contributed by atoms with Gasteiger partial charge < -0.3 is 30.5 Å². The molecular weight excluding hydrogens is 298 g/mol. The van der Waals surface area contributed by atoms with Gasteiger partial charge in [-0.1, -0.05) is 0 Å². The second-order valence-corrected chi connectivity index (χ2v) is 4.29. The number of amides is 1. The summed E-state index contributed by atoms with van der Waals surface area (Å²) in [6, 6.07) is -5.99. The number of ether oxygens (including phenoxy) is 1. The van der Waals surface area contributed by atoms with Crippen LogP contribution in [0.1, 0.15) is 0 Å². The van der Waals surface area contributed by atoms with Crippen LogP contribution in [0.25, 0.3) is 10.4 Å². The van der Waals surface area contributed by atoms with Crippen molar-refractivity contribution in [2.75, 3.05) is 13.2 Å². The zero-order valence-corrected chi connectivity index (χ0v) is 10.5. The molecule has 0 bridgehead atoms. The number of rotatable bonds is 5. The maximum atomic E-state index is 13.1. The highest BCUT2D eigenvalue weighted by molar-refractivity contribution is 5.83. The molecule has 1 rings (SSSR count). The predicted molar refractivity (Wildman–Crippen MR) is 60.9 cm³/mol. The second kappa shape index (κ2) is 6.93. The zero-order valence-electron chi connectivity index (χ0n) is 10.5. The predicted octanol–water partition coefficient (Wildman–Crippen LogP) is -2.15. The Labute approximate surface area is 116 Å². The Morgan fingerprint density at radius 1 is 1.29 bits per heavy atom. The largest absolute Gasteiger partial charge is 0.401 e. The number of aliphatic hydroxyl groups is 4.